The van der Waals surface area contributed by atoms with E-state index in [2.05, 4.69) is 14.5 Å². The molecule has 22 heavy (non-hydrogen) atoms. The van der Waals surface area contributed by atoms with Crippen LogP contribution in [0.2, 0.25) is 0 Å². The fourth-order valence-corrected chi connectivity index (χ4v) is 2.62. The van der Waals surface area contributed by atoms with Gasteiger partial charge in [0.2, 0.25) is 0 Å². The quantitative estimate of drug-likeness (QED) is 0.818. The second kappa shape index (κ2) is 6.17. The number of rotatable bonds is 5. The van der Waals surface area contributed by atoms with Gasteiger partial charge in [0, 0.05) is 12.8 Å². The summed E-state index contributed by atoms with van der Waals surface area (Å²) in [5.74, 6) is -0.847. The molecule has 1 aliphatic rings. The lowest BCUT2D eigenvalue weighted by atomic mass is 9.94. The van der Waals surface area contributed by atoms with Gasteiger partial charge in [-0.05, 0) is 32.8 Å². The standard InChI is InChI=1S/C13H17FN2O5S/c1-13(2,11-4-3-5-20-11)16-12(17)9-6-10(8-15-7-9)21-22(14,18)19/h6-8,11H,3-5H2,1-2H3,(H,16,17). The molecule has 1 N–H and O–H groups in total. The number of nitrogens with one attached hydrogen (secondary N) is 1. The first-order valence-electron chi connectivity index (χ1n) is 6.70. The predicted molar refractivity (Wildman–Crippen MR) is 75.4 cm³/mol. The number of pyridine rings is 1. The largest absolute Gasteiger partial charge is 0.488 e. The molecule has 2 rings (SSSR count). The number of hydrogen-bond donors (Lipinski definition) is 1. The SMILES string of the molecule is CC(C)(NC(=O)c1cncc(OS(=O)(=O)F)c1)C1CCCO1. The third kappa shape index (κ3) is 4.38. The van der Waals surface area contributed by atoms with Crippen LogP contribution in [0.5, 0.6) is 5.75 Å². The molecule has 0 aromatic carbocycles. The first-order valence-corrected chi connectivity index (χ1v) is 8.01. The summed E-state index contributed by atoms with van der Waals surface area (Å²) in [5.41, 5.74) is -0.538. The molecular formula is C13H17FN2O5S. The molecule has 0 spiro atoms. The van der Waals surface area contributed by atoms with Crippen LogP contribution in [0.1, 0.15) is 37.0 Å². The van der Waals surface area contributed by atoms with Crippen LogP contribution in [0.4, 0.5) is 3.89 Å². The van der Waals surface area contributed by atoms with Crippen LogP contribution in [0, 0.1) is 0 Å². The molecule has 0 aliphatic carbocycles. The van der Waals surface area contributed by atoms with Gasteiger partial charge in [0.1, 0.15) is 0 Å². The van der Waals surface area contributed by atoms with Crippen molar-refractivity contribution in [1.29, 1.82) is 0 Å². The summed E-state index contributed by atoms with van der Waals surface area (Å²) in [6, 6.07) is 1.10. The number of halogens is 1. The maximum atomic E-state index is 12.5. The summed E-state index contributed by atoms with van der Waals surface area (Å²) in [4.78, 5) is 15.9. The molecule has 1 aromatic rings. The Morgan fingerprint density at radius 2 is 2.23 bits per heavy atom. The second-order valence-corrected chi connectivity index (χ2v) is 6.52. The third-order valence-corrected chi connectivity index (χ3v) is 3.73. The topological polar surface area (TPSA) is 94.6 Å². The lowest BCUT2D eigenvalue weighted by molar-refractivity contribution is 0.0402. The molecule has 2 heterocycles. The van der Waals surface area contributed by atoms with E-state index in [1.165, 1.54) is 6.20 Å². The minimum absolute atomic E-state index is 0.0622. The average molecular weight is 332 g/mol. The molecule has 0 saturated carbocycles. The van der Waals surface area contributed by atoms with Gasteiger partial charge in [0.15, 0.2) is 5.75 Å². The fourth-order valence-electron chi connectivity index (χ4n) is 2.30. The van der Waals surface area contributed by atoms with E-state index in [0.717, 1.165) is 25.1 Å². The Bertz CT molecular complexity index is 656. The van der Waals surface area contributed by atoms with E-state index in [0.29, 0.717) is 6.61 Å². The maximum absolute atomic E-state index is 12.5. The van der Waals surface area contributed by atoms with Crippen molar-refractivity contribution in [2.45, 2.75) is 38.3 Å². The Kier molecular flexibility index (Phi) is 4.66. The fraction of sp³-hybridized carbons (Fsp3) is 0.538. The molecule has 1 amide bonds. The summed E-state index contributed by atoms with van der Waals surface area (Å²) in [6.07, 6.45) is 3.91. The number of carbonyl (C=O) groups is 1. The van der Waals surface area contributed by atoms with E-state index in [9.17, 15) is 17.1 Å². The van der Waals surface area contributed by atoms with Gasteiger partial charge in [-0.1, -0.05) is 3.89 Å². The summed E-state index contributed by atoms with van der Waals surface area (Å²) in [6.45, 7) is 4.32. The first kappa shape index (κ1) is 16.6. The lowest BCUT2D eigenvalue weighted by Crippen LogP contribution is -2.51. The Morgan fingerprint density at radius 3 is 2.82 bits per heavy atom. The van der Waals surface area contributed by atoms with E-state index in [4.69, 9.17) is 4.74 Å². The van der Waals surface area contributed by atoms with Crippen LogP contribution in [0.3, 0.4) is 0 Å². The Labute approximate surface area is 128 Å². The molecular weight excluding hydrogens is 315 g/mol. The zero-order valence-electron chi connectivity index (χ0n) is 12.2. The molecule has 1 saturated heterocycles. The molecule has 7 nitrogen and oxygen atoms in total. The molecule has 1 fully saturated rings. The summed E-state index contributed by atoms with van der Waals surface area (Å²) in [5, 5.41) is 2.80. The molecule has 1 aliphatic heterocycles. The number of hydrogen-bond acceptors (Lipinski definition) is 6. The van der Waals surface area contributed by atoms with Gasteiger partial charge in [-0.2, -0.15) is 8.42 Å². The highest BCUT2D eigenvalue weighted by atomic mass is 32.3. The maximum Gasteiger partial charge on any atom is 0.488 e. The smallest absolute Gasteiger partial charge is 0.376 e. The third-order valence-electron chi connectivity index (χ3n) is 3.34. The van der Waals surface area contributed by atoms with Gasteiger partial charge in [-0.15, -0.1) is 0 Å². The van der Waals surface area contributed by atoms with Crippen molar-refractivity contribution in [2.75, 3.05) is 6.61 Å². The number of aromatic nitrogens is 1. The molecule has 1 unspecified atom stereocenters. The van der Waals surface area contributed by atoms with Crippen LogP contribution < -0.4 is 9.50 Å². The predicted octanol–water partition coefficient (Wildman–Crippen LogP) is 1.36. The van der Waals surface area contributed by atoms with Gasteiger partial charge in [0.25, 0.3) is 5.91 Å². The van der Waals surface area contributed by atoms with Crippen molar-refractivity contribution >= 4 is 16.4 Å². The number of carbonyl (C=O) groups excluding carboxylic acids is 1. The zero-order chi connectivity index (χ0) is 16.4. The summed E-state index contributed by atoms with van der Waals surface area (Å²) < 4.78 is 43.0. The molecule has 9 heteroatoms. The molecule has 1 aromatic heterocycles. The molecule has 0 radical (unpaired) electrons. The molecule has 0 bridgehead atoms. The molecule has 122 valence electrons. The molecule has 1 atom stereocenters. The van der Waals surface area contributed by atoms with Crippen molar-refractivity contribution < 1.29 is 26.0 Å². The van der Waals surface area contributed by atoms with E-state index in [1.54, 1.807) is 0 Å². The van der Waals surface area contributed by atoms with Crippen molar-refractivity contribution in [1.82, 2.24) is 10.3 Å². The number of amides is 1. The van der Waals surface area contributed by atoms with Crippen LogP contribution in [0.15, 0.2) is 18.5 Å². The van der Waals surface area contributed by atoms with Crippen molar-refractivity contribution in [3.63, 3.8) is 0 Å². The Balaban J connectivity index is 2.10. The number of ether oxygens (including phenoxy) is 1. The Hall–Kier alpha value is -1.74. The van der Waals surface area contributed by atoms with Crippen molar-refractivity contribution in [2.24, 2.45) is 0 Å². The zero-order valence-corrected chi connectivity index (χ0v) is 13.0. The van der Waals surface area contributed by atoms with E-state index in [-0.39, 0.29) is 17.4 Å². The second-order valence-electron chi connectivity index (χ2n) is 5.56. The van der Waals surface area contributed by atoms with Crippen LogP contribution >= 0.6 is 0 Å². The van der Waals surface area contributed by atoms with Gasteiger partial charge in [0.05, 0.1) is 23.4 Å². The monoisotopic (exact) mass is 332 g/mol. The highest BCUT2D eigenvalue weighted by Crippen LogP contribution is 2.24. The van der Waals surface area contributed by atoms with Gasteiger partial charge in [-0.3, -0.25) is 9.78 Å². The van der Waals surface area contributed by atoms with E-state index >= 15 is 0 Å². The minimum Gasteiger partial charge on any atom is -0.376 e. The van der Waals surface area contributed by atoms with Crippen LogP contribution in [0.25, 0.3) is 0 Å². The first-order chi connectivity index (χ1) is 10.2. The average Bonchev–Trinajstić information content (AvgIpc) is 2.91. The highest BCUT2D eigenvalue weighted by Gasteiger charge is 2.34. The summed E-state index contributed by atoms with van der Waals surface area (Å²) in [7, 11) is -5.16. The van der Waals surface area contributed by atoms with E-state index in [1.807, 2.05) is 13.8 Å². The number of nitrogens with zero attached hydrogens (tertiary/aromatic N) is 1. The van der Waals surface area contributed by atoms with Crippen LogP contribution in [-0.2, 0) is 15.2 Å². The normalized spacial score (nSPS) is 19.0. The highest BCUT2D eigenvalue weighted by molar-refractivity contribution is 7.81. The lowest BCUT2D eigenvalue weighted by Gasteiger charge is -2.31. The van der Waals surface area contributed by atoms with Crippen LogP contribution in [-0.4, -0.2) is 37.6 Å². The van der Waals surface area contributed by atoms with Gasteiger partial charge >= 0.3 is 10.5 Å². The van der Waals surface area contributed by atoms with E-state index < -0.39 is 22.0 Å². The van der Waals surface area contributed by atoms with Gasteiger partial charge in [-0.25, -0.2) is 0 Å². The van der Waals surface area contributed by atoms with Gasteiger partial charge < -0.3 is 14.2 Å². The van der Waals surface area contributed by atoms with Crippen molar-refractivity contribution in [3.8, 4) is 5.75 Å². The Morgan fingerprint density at radius 1 is 1.50 bits per heavy atom. The minimum atomic E-state index is -5.16. The van der Waals surface area contributed by atoms with Crippen molar-refractivity contribution in [3.05, 3.63) is 24.0 Å². The summed E-state index contributed by atoms with van der Waals surface area (Å²) >= 11 is 0.